The van der Waals surface area contributed by atoms with Gasteiger partial charge in [0.05, 0.1) is 6.04 Å². The molecule has 0 saturated carbocycles. The molecule has 0 spiro atoms. The number of nitrogens with one attached hydrogen (secondary N) is 1. The van der Waals surface area contributed by atoms with Gasteiger partial charge in [0.1, 0.15) is 0 Å². The van der Waals surface area contributed by atoms with Crippen LogP contribution in [0.2, 0.25) is 5.02 Å². The number of hydrogen-bond donors (Lipinski definition) is 1. The van der Waals surface area contributed by atoms with Crippen LogP contribution in [0.5, 0.6) is 0 Å². The smallest absolute Gasteiger partial charge is 0.227 e. The van der Waals surface area contributed by atoms with E-state index in [9.17, 15) is 4.79 Å². The molecule has 25 heavy (non-hydrogen) atoms. The number of rotatable bonds is 6. The van der Waals surface area contributed by atoms with E-state index in [4.69, 9.17) is 16.1 Å². The molecule has 0 fully saturated rings. The lowest BCUT2D eigenvalue weighted by Crippen LogP contribution is -2.26. The number of amides is 1. The van der Waals surface area contributed by atoms with Crippen molar-refractivity contribution in [1.29, 1.82) is 0 Å². The summed E-state index contributed by atoms with van der Waals surface area (Å²) in [5.74, 6) is 0.826. The van der Waals surface area contributed by atoms with Crippen LogP contribution in [0.4, 0.5) is 0 Å². The quantitative estimate of drug-likeness (QED) is 0.729. The second-order valence-electron chi connectivity index (χ2n) is 5.59. The van der Waals surface area contributed by atoms with Crippen molar-refractivity contribution in [3.63, 3.8) is 0 Å². The first kappa shape index (κ1) is 17.1. The first-order chi connectivity index (χ1) is 12.1. The molecule has 0 saturated heterocycles. The number of carbonyl (C=O) groups is 1. The summed E-state index contributed by atoms with van der Waals surface area (Å²) in [6.45, 7) is 1.92. The molecule has 1 amide bonds. The lowest BCUT2D eigenvalue weighted by molar-refractivity contribution is -0.121. The fourth-order valence-corrected chi connectivity index (χ4v) is 2.45. The third-order valence-electron chi connectivity index (χ3n) is 3.70. The molecule has 2 aromatic heterocycles. The van der Waals surface area contributed by atoms with E-state index in [2.05, 4.69) is 20.4 Å². The SMILES string of the molecule is C[C@@H](NC(=O)CCc1nc(-c2ccc(Cl)cc2)no1)c1cccnc1. The summed E-state index contributed by atoms with van der Waals surface area (Å²) in [7, 11) is 0. The van der Waals surface area contributed by atoms with Gasteiger partial charge in [-0.15, -0.1) is 0 Å². The van der Waals surface area contributed by atoms with Gasteiger partial charge < -0.3 is 9.84 Å². The first-order valence-corrected chi connectivity index (χ1v) is 8.27. The van der Waals surface area contributed by atoms with Crippen LogP contribution in [0.25, 0.3) is 11.4 Å². The van der Waals surface area contributed by atoms with Crippen LogP contribution in [-0.4, -0.2) is 21.0 Å². The van der Waals surface area contributed by atoms with Crippen molar-refractivity contribution in [1.82, 2.24) is 20.4 Å². The zero-order valence-electron chi connectivity index (χ0n) is 13.6. The molecule has 0 aliphatic carbocycles. The molecule has 6 nitrogen and oxygen atoms in total. The second-order valence-corrected chi connectivity index (χ2v) is 6.03. The average Bonchev–Trinajstić information content (AvgIpc) is 3.10. The fourth-order valence-electron chi connectivity index (χ4n) is 2.32. The van der Waals surface area contributed by atoms with Crippen LogP contribution in [0.3, 0.4) is 0 Å². The maximum absolute atomic E-state index is 12.1. The van der Waals surface area contributed by atoms with E-state index in [1.54, 1.807) is 24.5 Å². The minimum absolute atomic E-state index is 0.0809. The molecule has 0 bridgehead atoms. The summed E-state index contributed by atoms with van der Waals surface area (Å²) < 4.78 is 5.21. The van der Waals surface area contributed by atoms with Crippen LogP contribution < -0.4 is 5.32 Å². The molecule has 1 aromatic carbocycles. The van der Waals surface area contributed by atoms with Crippen LogP contribution >= 0.6 is 11.6 Å². The molecule has 2 heterocycles. The van der Waals surface area contributed by atoms with E-state index in [0.717, 1.165) is 11.1 Å². The number of carbonyl (C=O) groups excluding carboxylic acids is 1. The Hall–Kier alpha value is -2.73. The first-order valence-electron chi connectivity index (χ1n) is 7.89. The molecule has 0 aliphatic heterocycles. The zero-order chi connectivity index (χ0) is 17.6. The third-order valence-corrected chi connectivity index (χ3v) is 3.95. The van der Waals surface area contributed by atoms with E-state index in [0.29, 0.717) is 23.2 Å². The monoisotopic (exact) mass is 356 g/mol. The van der Waals surface area contributed by atoms with Crippen LogP contribution in [0.1, 0.15) is 30.8 Å². The molecule has 0 unspecified atom stereocenters. The van der Waals surface area contributed by atoms with E-state index in [-0.39, 0.29) is 18.4 Å². The highest BCUT2D eigenvalue weighted by Gasteiger charge is 2.13. The van der Waals surface area contributed by atoms with Gasteiger partial charge in [-0.2, -0.15) is 4.98 Å². The molecule has 7 heteroatoms. The van der Waals surface area contributed by atoms with Crippen molar-refractivity contribution in [3.8, 4) is 11.4 Å². The normalized spacial score (nSPS) is 11.9. The number of hydrogen-bond acceptors (Lipinski definition) is 5. The molecule has 3 aromatic rings. The summed E-state index contributed by atoms with van der Waals surface area (Å²) >= 11 is 5.86. The Morgan fingerprint density at radius 3 is 2.80 bits per heavy atom. The largest absolute Gasteiger partial charge is 0.350 e. The van der Waals surface area contributed by atoms with Crippen molar-refractivity contribution < 1.29 is 9.32 Å². The van der Waals surface area contributed by atoms with Crippen LogP contribution in [0.15, 0.2) is 53.3 Å². The van der Waals surface area contributed by atoms with Crippen molar-refractivity contribution >= 4 is 17.5 Å². The Labute approximate surface area is 150 Å². The molecule has 128 valence electrons. The van der Waals surface area contributed by atoms with Crippen molar-refractivity contribution in [2.45, 2.75) is 25.8 Å². The van der Waals surface area contributed by atoms with Gasteiger partial charge in [0.15, 0.2) is 0 Å². The Morgan fingerprint density at radius 2 is 2.08 bits per heavy atom. The Balaban J connectivity index is 1.53. The molecule has 0 aliphatic rings. The predicted octanol–water partition coefficient (Wildman–Crippen LogP) is 3.60. The second kappa shape index (κ2) is 7.90. The Bertz CT molecular complexity index is 834. The van der Waals surface area contributed by atoms with Gasteiger partial charge in [-0.1, -0.05) is 22.8 Å². The predicted molar refractivity (Wildman–Crippen MR) is 93.9 cm³/mol. The summed E-state index contributed by atoms with van der Waals surface area (Å²) in [6, 6.07) is 10.8. The fraction of sp³-hybridized carbons (Fsp3) is 0.222. The van der Waals surface area contributed by atoms with Gasteiger partial charge >= 0.3 is 0 Å². The van der Waals surface area contributed by atoms with Gasteiger partial charge in [0.25, 0.3) is 0 Å². The molecule has 1 atom stereocenters. The third kappa shape index (κ3) is 4.64. The number of benzene rings is 1. The Morgan fingerprint density at radius 1 is 1.28 bits per heavy atom. The maximum Gasteiger partial charge on any atom is 0.227 e. The van der Waals surface area contributed by atoms with E-state index < -0.39 is 0 Å². The summed E-state index contributed by atoms with van der Waals surface area (Å²) in [5, 5.41) is 7.51. The van der Waals surface area contributed by atoms with Crippen molar-refractivity contribution in [2.75, 3.05) is 0 Å². The minimum Gasteiger partial charge on any atom is -0.350 e. The summed E-state index contributed by atoms with van der Waals surface area (Å²) in [5.41, 5.74) is 1.77. The van der Waals surface area contributed by atoms with Crippen molar-refractivity contribution in [2.24, 2.45) is 0 Å². The molecule has 1 N–H and O–H groups in total. The molecular formula is C18H17ClN4O2. The van der Waals surface area contributed by atoms with Crippen molar-refractivity contribution in [3.05, 3.63) is 65.3 Å². The topological polar surface area (TPSA) is 80.9 Å². The van der Waals surface area contributed by atoms with Crippen LogP contribution in [0, 0.1) is 0 Å². The van der Waals surface area contributed by atoms with Crippen LogP contribution in [-0.2, 0) is 11.2 Å². The standard InChI is InChI=1S/C18H17ClN4O2/c1-12(14-3-2-10-20-11-14)21-16(24)8-9-17-22-18(23-25-17)13-4-6-15(19)7-5-13/h2-7,10-12H,8-9H2,1H3,(H,21,24)/t12-/m1/s1. The maximum atomic E-state index is 12.1. The summed E-state index contributed by atoms with van der Waals surface area (Å²) in [4.78, 5) is 20.4. The molecular weight excluding hydrogens is 340 g/mol. The average molecular weight is 357 g/mol. The lowest BCUT2D eigenvalue weighted by atomic mass is 10.1. The number of aromatic nitrogens is 3. The van der Waals surface area contributed by atoms with Gasteiger partial charge in [-0.25, -0.2) is 0 Å². The van der Waals surface area contributed by atoms with E-state index >= 15 is 0 Å². The highest BCUT2D eigenvalue weighted by molar-refractivity contribution is 6.30. The number of pyridine rings is 1. The van der Waals surface area contributed by atoms with Gasteiger partial charge in [-0.3, -0.25) is 9.78 Å². The molecule has 3 rings (SSSR count). The van der Waals surface area contributed by atoms with E-state index in [1.807, 2.05) is 31.2 Å². The Kier molecular flexibility index (Phi) is 5.40. The van der Waals surface area contributed by atoms with Gasteiger partial charge in [0, 0.05) is 35.8 Å². The van der Waals surface area contributed by atoms with Gasteiger partial charge in [-0.05, 0) is 42.8 Å². The number of nitrogens with zero attached hydrogens (tertiary/aromatic N) is 3. The van der Waals surface area contributed by atoms with E-state index in [1.165, 1.54) is 0 Å². The highest BCUT2D eigenvalue weighted by Crippen LogP contribution is 2.19. The molecule has 0 radical (unpaired) electrons. The minimum atomic E-state index is -0.103. The summed E-state index contributed by atoms with van der Waals surface area (Å²) in [6.07, 6.45) is 4.09. The highest BCUT2D eigenvalue weighted by atomic mass is 35.5. The van der Waals surface area contributed by atoms with Gasteiger partial charge in [0.2, 0.25) is 17.6 Å². The zero-order valence-corrected chi connectivity index (χ0v) is 14.4. The lowest BCUT2D eigenvalue weighted by Gasteiger charge is -2.13. The number of aryl methyl sites for hydroxylation is 1. The number of halogens is 1.